The van der Waals surface area contributed by atoms with Gasteiger partial charge in [0.1, 0.15) is 5.78 Å². The van der Waals surface area contributed by atoms with E-state index in [-0.39, 0.29) is 18.9 Å². The van der Waals surface area contributed by atoms with E-state index in [4.69, 9.17) is 9.05 Å². The first-order chi connectivity index (χ1) is 12.5. The fourth-order valence-corrected chi connectivity index (χ4v) is 4.51. The van der Waals surface area contributed by atoms with Crippen LogP contribution in [-0.2, 0) is 20.2 Å². The van der Waals surface area contributed by atoms with Crippen molar-refractivity contribution in [3.63, 3.8) is 0 Å². The van der Waals surface area contributed by atoms with Crippen LogP contribution < -0.4 is 5.32 Å². The van der Waals surface area contributed by atoms with E-state index in [0.717, 1.165) is 5.56 Å². The van der Waals surface area contributed by atoms with Crippen molar-refractivity contribution >= 4 is 13.3 Å². The number of hydrogen-bond donors (Lipinski definition) is 1. The average molecular weight is 378 g/mol. The second kappa shape index (κ2) is 9.59. The number of rotatable bonds is 10. The molecule has 2 aromatic rings. The molecule has 2 aromatic carbocycles. The minimum absolute atomic E-state index is 0.0754. The van der Waals surface area contributed by atoms with E-state index in [9.17, 15) is 14.7 Å². The summed E-state index contributed by atoms with van der Waals surface area (Å²) in [7, 11) is -3.57. The molecule has 26 heavy (non-hydrogen) atoms. The van der Waals surface area contributed by atoms with Crippen molar-refractivity contribution in [1.29, 1.82) is 0 Å². The minimum atomic E-state index is -3.57. The Morgan fingerprint density at radius 2 is 1.73 bits per heavy atom. The third kappa shape index (κ3) is 5.22. The first-order valence-electron chi connectivity index (χ1n) is 8.40. The summed E-state index contributed by atoms with van der Waals surface area (Å²) in [5.41, 5.74) is 1.40. The van der Waals surface area contributed by atoms with Crippen molar-refractivity contribution < 1.29 is 18.5 Å². The van der Waals surface area contributed by atoms with Gasteiger partial charge < -0.3 is 9.05 Å². The number of nitrogens with one attached hydrogen (secondary N) is 1. The fourth-order valence-electron chi connectivity index (χ4n) is 2.58. The molecule has 1 atom stereocenters. The van der Waals surface area contributed by atoms with Crippen LogP contribution in [0.1, 0.15) is 30.8 Å². The molecule has 0 heterocycles. The van der Waals surface area contributed by atoms with Gasteiger partial charge in [-0.2, -0.15) is 0 Å². The van der Waals surface area contributed by atoms with E-state index < -0.39 is 18.3 Å². The molecule has 0 bridgehead atoms. The molecule has 140 valence electrons. The average Bonchev–Trinajstić information content (AvgIpc) is 2.63. The van der Waals surface area contributed by atoms with Crippen LogP contribution in [0.4, 0.5) is 5.69 Å². The molecule has 0 saturated carbocycles. The molecule has 0 spiro atoms. The Morgan fingerprint density at radius 3 is 2.31 bits per heavy atom. The molecular formula is C18H23N2O5P. The van der Waals surface area contributed by atoms with E-state index in [1.54, 1.807) is 26.0 Å². The zero-order valence-electron chi connectivity index (χ0n) is 14.8. The van der Waals surface area contributed by atoms with Gasteiger partial charge in [0, 0.05) is 18.7 Å². The predicted molar refractivity (Wildman–Crippen MR) is 100.0 cm³/mol. The SMILES string of the molecule is CCOP(=O)(OCC)[C@@H](NCc1ccccc1)c1cccc([N+](=O)[O-])c1. The van der Waals surface area contributed by atoms with Crippen molar-refractivity contribution in [3.8, 4) is 0 Å². The topological polar surface area (TPSA) is 90.7 Å². The first-order valence-corrected chi connectivity index (χ1v) is 10.0. The fraction of sp³-hybridized carbons (Fsp3) is 0.333. The molecule has 0 aromatic heterocycles. The van der Waals surface area contributed by atoms with Gasteiger partial charge in [-0.3, -0.25) is 20.0 Å². The Kier molecular flexibility index (Phi) is 7.48. The van der Waals surface area contributed by atoms with E-state index in [0.29, 0.717) is 12.1 Å². The van der Waals surface area contributed by atoms with Crippen LogP contribution >= 0.6 is 7.60 Å². The lowest BCUT2D eigenvalue weighted by Crippen LogP contribution is -2.23. The van der Waals surface area contributed by atoms with Crippen molar-refractivity contribution in [2.24, 2.45) is 0 Å². The number of nitrogens with zero attached hydrogens (tertiary/aromatic N) is 1. The molecule has 0 radical (unpaired) electrons. The van der Waals surface area contributed by atoms with Gasteiger partial charge in [-0.15, -0.1) is 0 Å². The Labute approximate surface area is 153 Å². The Morgan fingerprint density at radius 1 is 1.08 bits per heavy atom. The lowest BCUT2D eigenvalue weighted by molar-refractivity contribution is -0.384. The number of nitro benzene ring substituents is 1. The molecule has 1 N–H and O–H groups in total. The summed E-state index contributed by atoms with van der Waals surface area (Å²) < 4.78 is 24.3. The highest BCUT2D eigenvalue weighted by molar-refractivity contribution is 7.54. The van der Waals surface area contributed by atoms with E-state index in [1.165, 1.54) is 12.1 Å². The third-order valence-corrected chi connectivity index (χ3v) is 6.02. The van der Waals surface area contributed by atoms with Crippen LogP contribution in [0.2, 0.25) is 0 Å². The van der Waals surface area contributed by atoms with Gasteiger partial charge in [0.25, 0.3) is 5.69 Å². The van der Waals surface area contributed by atoms with E-state index in [1.807, 2.05) is 30.3 Å². The zero-order valence-corrected chi connectivity index (χ0v) is 15.7. The van der Waals surface area contributed by atoms with Crippen molar-refractivity contribution in [1.82, 2.24) is 5.32 Å². The molecule has 0 aliphatic heterocycles. The Balaban J connectivity index is 2.38. The Bertz CT molecular complexity index is 759. The van der Waals surface area contributed by atoms with E-state index in [2.05, 4.69) is 5.32 Å². The largest absolute Gasteiger partial charge is 0.351 e. The molecule has 0 saturated heterocycles. The summed E-state index contributed by atoms with van der Waals surface area (Å²) in [6, 6.07) is 15.6. The lowest BCUT2D eigenvalue weighted by Gasteiger charge is -2.27. The molecule has 0 amide bonds. The van der Waals surface area contributed by atoms with Crippen LogP contribution in [0.25, 0.3) is 0 Å². The number of hydrogen-bond acceptors (Lipinski definition) is 6. The number of benzene rings is 2. The molecule has 0 aliphatic rings. The molecule has 0 fully saturated rings. The molecule has 0 aliphatic carbocycles. The van der Waals surface area contributed by atoms with E-state index >= 15 is 0 Å². The molecule has 7 nitrogen and oxygen atoms in total. The van der Waals surface area contributed by atoms with Crippen LogP contribution in [0.15, 0.2) is 54.6 Å². The summed E-state index contributed by atoms with van der Waals surface area (Å²) in [4.78, 5) is 10.6. The third-order valence-electron chi connectivity index (χ3n) is 3.67. The van der Waals surface area contributed by atoms with Gasteiger partial charge in [0.05, 0.1) is 18.1 Å². The predicted octanol–water partition coefficient (Wildman–Crippen LogP) is 4.65. The minimum Gasteiger partial charge on any atom is -0.308 e. The van der Waals surface area contributed by atoms with Gasteiger partial charge in [0.15, 0.2) is 0 Å². The van der Waals surface area contributed by atoms with Gasteiger partial charge in [-0.05, 0) is 25.0 Å². The number of nitro groups is 1. The monoisotopic (exact) mass is 378 g/mol. The zero-order chi connectivity index (χ0) is 19.0. The summed E-state index contributed by atoms with van der Waals surface area (Å²) in [6.45, 7) is 4.28. The van der Waals surface area contributed by atoms with Crippen molar-refractivity contribution in [2.45, 2.75) is 26.2 Å². The quantitative estimate of drug-likeness (QED) is 0.368. The molecule has 0 unspecified atom stereocenters. The van der Waals surface area contributed by atoms with Crippen molar-refractivity contribution in [3.05, 3.63) is 75.8 Å². The number of non-ortho nitro benzene ring substituents is 1. The summed E-state index contributed by atoms with van der Waals surface area (Å²) in [5.74, 6) is -0.817. The van der Waals surface area contributed by atoms with Crippen LogP contribution in [0.5, 0.6) is 0 Å². The highest BCUT2D eigenvalue weighted by Gasteiger charge is 2.37. The highest BCUT2D eigenvalue weighted by Crippen LogP contribution is 2.59. The van der Waals surface area contributed by atoms with Gasteiger partial charge in [-0.1, -0.05) is 42.5 Å². The Hall–Kier alpha value is -2.05. The second-order valence-corrected chi connectivity index (χ2v) is 7.61. The van der Waals surface area contributed by atoms with Gasteiger partial charge >= 0.3 is 7.60 Å². The summed E-state index contributed by atoms with van der Waals surface area (Å²) in [6.07, 6.45) is 0. The molecule has 8 heteroatoms. The van der Waals surface area contributed by atoms with Crippen LogP contribution in [0, 0.1) is 10.1 Å². The van der Waals surface area contributed by atoms with Gasteiger partial charge in [0.2, 0.25) is 0 Å². The summed E-state index contributed by atoms with van der Waals surface area (Å²) >= 11 is 0. The molecule has 2 rings (SSSR count). The van der Waals surface area contributed by atoms with Gasteiger partial charge in [-0.25, -0.2) is 0 Å². The van der Waals surface area contributed by atoms with Crippen LogP contribution in [-0.4, -0.2) is 18.1 Å². The smallest absolute Gasteiger partial charge is 0.308 e. The lowest BCUT2D eigenvalue weighted by atomic mass is 10.2. The highest BCUT2D eigenvalue weighted by atomic mass is 31.2. The maximum atomic E-state index is 13.3. The summed E-state index contributed by atoms with van der Waals surface area (Å²) in [5, 5.41) is 14.3. The molecular weight excluding hydrogens is 355 g/mol. The standard InChI is InChI=1S/C18H23N2O5P/c1-3-24-26(23,25-4-2)18(19-14-15-9-6-5-7-10-15)16-11-8-12-17(13-16)20(21)22/h5-13,18-19H,3-4,14H2,1-2H3/t18-/m1/s1. The maximum Gasteiger partial charge on any atom is 0.351 e. The van der Waals surface area contributed by atoms with Crippen molar-refractivity contribution in [2.75, 3.05) is 13.2 Å². The first kappa shape index (κ1) is 20.3. The maximum absolute atomic E-state index is 13.3. The second-order valence-electron chi connectivity index (χ2n) is 5.50. The normalized spacial score (nSPS) is 12.7. The van der Waals surface area contributed by atoms with Crippen LogP contribution in [0.3, 0.4) is 0 Å².